The van der Waals surface area contributed by atoms with Gasteiger partial charge >= 0.3 is 0 Å². The Morgan fingerprint density at radius 2 is 1.59 bits per heavy atom. The van der Waals surface area contributed by atoms with Crippen LogP contribution in [0, 0.1) is 0 Å². The van der Waals surface area contributed by atoms with E-state index in [4.69, 9.17) is 0 Å². The summed E-state index contributed by atoms with van der Waals surface area (Å²) < 4.78 is 0. The molecule has 5 heteroatoms. The second-order valence-electron chi connectivity index (χ2n) is 8.15. The fourth-order valence-corrected chi connectivity index (χ4v) is 4.12. The molecule has 0 spiro atoms. The topological polar surface area (TPSA) is 52.7 Å². The van der Waals surface area contributed by atoms with Crippen molar-refractivity contribution in [3.8, 4) is 0 Å². The van der Waals surface area contributed by atoms with E-state index in [1.165, 1.54) is 6.42 Å². The van der Waals surface area contributed by atoms with Crippen molar-refractivity contribution in [3.63, 3.8) is 0 Å². The lowest BCUT2D eigenvalue weighted by molar-refractivity contribution is 0.0724. The van der Waals surface area contributed by atoms with Crippen LogP contribution in [0.3, 0.4) is 0 Å². The summed E-state index contributed by atoms with van der Waals surface area (Å²) in [5, 5.41) is 3.02. The van der Waals surface area contributed by atoms with E-state index in [0.29, 0.717) is 17.7 Å². The molecule has 1 aliphatic rings. The van der Waals surface area contributed by atoms with Gasteiger partial charge in [0.1, 0.15) is 0 Å². The second-order valence-corrected chi connectivity index (χ2v) is 8.15. The van der Waals surface area contributed by atoms with Gasteiger partial charge in [-0.05, 0) is 61.2 Å². The number of piperidine rings is 1. The van der Waals surface area contributed by atoms with E-state index in [9.17, 15) is 9.59 Å². The zero-order valence-corrected chi connectivity index (χ0v) is 18.5. The number of amides is 2. The summed E-state index contributed by atoms with van der Waals surface area (Å²) in [4.78, 5) is 29.8. The maximum absolute atomic E-state index is 13.0. The first-order valence-electron chi connectivity index (χ1n) is 11.2. The predicted molar refractivity (Wildman–Crippen MR) is 128 cm³/mol. The Morgan fingerprint density at radius 1 is 0.875 bits per heavy atom. The van der Waals surface area contributed by atoms with Gasteiger partial charge in [-0.1, -0.05) is 42.5 Å². The number of likely N-dealkylation sites (tertiary alicyclic amines) is 1. The maximum atomic E-state index is 13.0. The number of nitrogens with one attached hydrogen (secondary N) is 1. The summed E-state index contributed by atoms with van der Waals surface area (Å²) >= 11 is 0. The van der Waals surface area contributed by atoms with Crippen molar-refractivity contribution >= 4 is 23.2 Å². The summed E-state index contributed by atoms with van der Waals surface area (Å²) in [6, 6.07) is 25.1. The van der Waals surface area contributed by atoms with Crippen molar-refractivity contribution in [2.24, 2.45) is 0 Å². The molecule has 4 rings (SSSR count). The molecule has 164 valence electrons. The van der Waals surface area contributed by atoms with Gasteiger partial charge in [-0.15, -0.1) is 0 Å². The molecule has 0 radical (unpaired) electrons. The number of hydrogen-bond donors (Lipinski definition) is 1. The number of para-hydroxylation sites is 2. The zero-order valence-electron chi connectivity index (χ0n) is 18.5. The molecule has 0 unspecified atom stereocenters. The molecule has 0 bridgehead atoms. The van der Waals surface area contributed by atoms with Crippen molar-refractivity contribution in [2.75, 3.05) is 25.0 Å². The van der Waals surface area contributed by atoms with Crippen LogP contribution in [0.1, 0.15) is 45.5 Å². The van der Waals surface area contributed by atoms with E-state index in [0.717, 1.165) is 42.9 Å². The average molecular weight is 428 g/mol. The van der Waals surface area contributed by atoms with E-state index in [2.05, 4.69) is 5.32 Å². The van der Waals surface area contributed by atoms with Crippen molar-refractivity contribution < 1.29 is 9.59 Å². The van der Waals surface area contributed by atoms with Crippen LogP contribution in [-0.4, -0.2) is 36.9 Å². The van der Waals surface area contributed by atoms with E-state index < -0.39 is 0 Å². The Hall–Kier alpha value is -3.60. The van der Waals surface area contributed by atoms with E-state index in [1.54, 1.807) is 0 Å². The van der Waals surface area contributed by atoms with Gasteiger partial charge in [-0.3, -0.25) is 9.59 Å². The van der Waals surface area contributed by atoms with Crippen LogP contribution in [0.4, 0.5) is 11.4 Å². The highest BCUT2D eigenvalue weighted by Gasteiger charge is 2.19. The van der Waals surface area contributed by atoms with Gasteiger partial charge in [0.15, 0.2) is 0 Å². The van der Waals surface area contributed by atoms with Gasteiger partial charge in [0.25, 0.3) is 11.8 Å². The molecule has 5 nitrogen and oxygen atoms in total. The molecular weight excluding hydrogens is 398 g/mol. The SMILES string of the molecule is CN(c1ccccc1)c1ccccc1C(=O)NCc1cccc(C(=O)N2CCCCC2)c1. The fraction of sp³-hybridized carbons (Fsp3) is 0.259. The minimum atomic E-state index is -0.142. The Balaban J connectivity index is 1.45. The number of rotatable bonds is 6. The predicted octanol–water partition coefficient (Wildman–Crippen LogP) is 5.01. The van der Waals surface area contributed by atoms with Gasteiger partial charge in [-0.25, -0.2) is 0 Å². The quantitative estimate of drug-likeness (QED) is 0.602. The number of carbonyl (C=O) groups excluding carboxylic acids is 2. The Kier molecular flexibility index (Phi) is 6.85. The third kappa shape index (κ3) is 4.99. The summed E-state index contributed by atoms with van der Waals surface area (Å²) in [5.74, 6) is -0.0659. The van der Waals surface area contributed by atoms with Gasteiger partial charge in [0.05, 0.1) is 11.3 Å². The zero-order chi connectivity index (χ0) is 22.3. The lowest BCUT2D eigenvalue weighted by atomic mass is 10.1. The average Bonchev–Trinajstić information content (AvgIpc) is 2.87. The molecular formula is C27H29N3O2. The summed E-state index contributed by atoms with van der Waals surface area (Å²) in [6.45, 7) is 2.01. The fourth-order valence-electron chi connectivity index (χ4n) is 4.12. The molecule has 1 N–H and O–H groups in total. The molecule has 0 atom stereocenters. The summed E-state index contributed by atoms with van der Waals surface area (Å²) in [6.07, 6.45) is 3.33. The van der Waals surface area contributed by atoms with Crippen LogP contribution < -0.4 is 10.2 Å². The molecule has 0 aliphatic carbocycles. The molecule has 1 heterocycles. The third-order valence-electron chi connectivity index (χ3n) is 5.92. The van der Waals surface area contributed by atoms with Gasteiger partial charge < -0.3 is 15.1 Å². The number of anilines is 2. The first kappa shape index (κ1) is 21.6. The Bertz CT molecular complexity index is 1080. The minimum Gasteiger partial charge on any atom is -0.348 e. The monoisotopic (exact) mass is 427 g/mol. The summed E-state index contributed by atoms with van der Waals surface area (Å²) in [5.41, 5.74) is 4.05. The van der Waals surface area contributed by atoms with Crippen LogP contribution in [0.2, 0.25) is 0 Å². The normalized spacial score (nSPS) is 13.5. The molecule has 3 aromatic carbocycles. The number of nitrogens with zero attached hydrogens (tertiary/aromatic N) is 2. The minimum absolute atomic E-state index is 0.0766. The molecule has 0 aromatic heterocycles. The van der Waals surface area contributed by atoms with Crippen LogP contribution in [0.5, 0.6) is 0 Å². The highest BCUT2D eigenvalue weighted by molar-refractivity contribution is 6.00. The number of benzene rings is 3. The maximum Gasteiger partial charge on any atom is 0.253 e. The van der Waals surface area contributed by atoms with Crippen LogP contribution >= 0.6 is 0 Å². The van der Waals surface area contributed by atoms with Gasteiger partial charge in [0, 0.05) is 37.9 Å². The molecule has 0 saturated carbocycles. The Morgan fingerprint density at radius 3 is 2.38 bits per heavy atom. The van der Waals surface area contributed by atoms with Crippen molar-refractivity contribution in [2.45, 2.75) is 25.8 Å². The van der Waals surface area contributed by atoms with Gasteiger partial charge in [-0.2, -0.15) is 0 Å². The molecule has 1 aliphatic heterocycles. The summed E-state index contributed by atoms with van der Waals surface area (Å²) in [7, 11) is 1.96. The highest BCUT2D eigenvalue weighted by Crippen LogP contribution is 2.26. The van der Waals surface area contributed by atoms with E-state index in [-0.39, 0.29) is 11.8 Å². The first-order valence-corrected chi connectivity index (χ1v) is 11.2. The van der Waals surface area contributed by atoms with Gasteiger partial charge in [0.2, 0.25) is 0 Å². The lowest BCUT2D eigenvalue weighted by Crippen LogP contribution is -2.35. The smallest absolute Gasteiger partial charge is 0.253 e. The van der Waals surface area contributed by atoms with Crippen molar-refractivity contribution in [1.29, 1.82) is 0 Å². The highest BCUT2D eigenvalue weighted by atomic mass is 16.2. The number of carbonyl (C=O) groups is 2. The van der Waals surface area contributed by atoms with Crippen molar-refractivity contribution in [1.82, 2.24) is 10.2 Å². The molecule has 32 heavy (non-hydrogen) atoms. The van der Waals surface area contributed by atoms with Crippen LogP contribution in [0.15, 0.2) is 78.9 Å². The van der Waals surface area contributed by atoms with Crippen LogP contribution in [-0.2, 0) is 6.54 Å². The van der Waals surface area contributed by atoms with Crippen molar-refractivity contribution in [3.05, 3.63) is 95.6 Å². The molecule has 1 saturated heterocycles. The third-order valence-corrected chi connectivity index (χ3v) is 5.92. The standard InChI is InChI=1S/C27H29N3O2/c1-29(23-13-4-2-5-14-23)25-16-7-6-15-24(25)26(31)28-20-21-11-10-12-22(19-21)27(32)30-17-8-3-9-18-30/h2,4-7,10-16,19H,3,8-9,17-18,20H2,1H3,(H,28,31). The van der Waals surface area contributed by atoms with E-state index >= 15 is 0 Å². The molecule has 2 amide bonds. The largest absolute Gasteiger partial charge is 0.348 e. The lowest BCUT2D eigenvalue weighted by Gasteiger charge is -2.26. The first-order chi connectivity index (χ1) is 15.6. The molecule has 3 aromatic rings. The molecule has 1 fully saturated rings. The number of hydrogen-bond acceptors (Lipinski definition) is 3. The second kappa shape index (κ2) is 10.1. The Labute approximate surface area is 189 Å². The van der Waals surface area contributed by atoms with Crippen LogP contribution in [0.25, 0.3) is 0 Å². The van der Waals surface area contributed by atoms with E-state index in [1.807, 2.05) is 95.7 Å².